The molecule has 74 valence electrons. The third-order valence-electron chi connectivity index (χ3n) is 1.54. The molecule has 0 saturated heterocycles. The van der Waals surface area contributed by atoms with E-state index in [1.54, 1.807) is 0 Å². The van der Waals surface area contributed by atoms with Crippen molar-refractivity contribution in [2.45, 2.75) is 6.92 Å². The highest BCUT2D eigenvalue weighted by molar-refractivity contribution is 6.34. The highest BCUT2D eigenvalue weighted by Gasteiger charge is 2.07. The third-order valence-corrected chi connectivity index (χ3v) is 1.85. The Kier molecular flexibility index (Phi) is 3.09. The van der Waals surface area contributed by atoms with E-state index in [9.17, 15) is 9.59 Å². The number of benzene rings is 1. The summed E-state index contributed by atoms with van der Waals surface area (Å²) in [5.74, 6) is 0.0631. The number of rotatable bonds is 2. The number of hydrogen-bond acceptors (Lipinski definition) is 3. The van der Waals surface area contributed by atoms with E-state index < -0.39 is 6.09 Å². The van der Waals surface area contributed by atoms with Gasteiger partial charge in [0.2, 0.25) is 0 Å². The molecule has 0 atom stereocenters. The van der Waals surface area contributed by atoms with Gasteiger partial charge in [0.25, 0.3) is 0 Å². The minimum Gasteiger partial charge on any atom is -0.410 e. The van der Waals surface area contributed by atoms with Crippen LogP contribution in [0.3, 0.4) is 0 Å². The Bertz CT molecular complexity index is 390. The van der Waals surface area contributed by atoms with Crippen LogP contribution in [-0.2, 0) is 0 Å². The zero-order valence-electron chi connectivity index (χ0n) is 7.41. The van der Waals surface area contributed by atoms with Crippen molar-refractivity contribution in [3.8, 4) is 5.75 Å². The minimum absolute atomic E-state index is 0.152. The molecule has 0 heterocycles. The average molecular weight is 214 g/mol. The largest absolute Gasteiger partial charge is 0.410 e. The summed E-state index contributed by atoms with van der Waals surface area (Å²) in [5, 5.41) is 0.233. The number of carbonyl (C=O) groups is 2. The molecule has 0 unspecified atom stereocenters. The van der Waals surface area contributed by atoms with Crippen LogP contribution in [0.25, 0.3) is 0 Å². The van der Waals surface area contributed by atoms with E-state index in [2.05, 4.69) is 4.74 Å². The molecule has 5 heteroatoms. The lowest BCUT2D eigenvalue weighted by Crippen LogP contribution is -2.16. The van der Waals surface area contributed by atoms with Gasteiger partial charge in [0.05, 0.1) is 5.02 Å². The number of nitrogens with two attached hydrogens (primary N) is 1. The van der Waals surface area contributed by atoms with E-state index in [-0.39, 0.29) is 16.6 Å². The normalized spacial score (nSPS) is 9.57. The van der Waals surface area contributed by atoms with Gasteiger partial charge in [-0.15, -0.1) is 0 Å². The molecule has 4 nitrogen and oxygen atoms in total. The van der Waals surface area contributed by atoms with Crippen LogP contribution in [0.4, 0.5) is 4.79 Å². The van der Waals surface area contributed by atoms with E-state index in [4.69, 9.17) is 17.3 Å². The summed E-state index contributed by atoms with van der Waals surface area (Å²) < 4.78 is 4.57. The topological polar surface area (TPSA) is 69.4 Å². The second-order valence-corrected chi connectivity index (χ2v) is 3.03. The maximum atomic E-state index is 11.0. The Morgan fingerprint density at radius 2 is 2.07 bits per heavy atom. The molecule has 0 radical (unpaired) electrons. The second kappa shape index (κ2) is 4.11. The Morgan fingerprint density at radius 3 is 2.50 bits per heavy atom. The molecule has 1 rings (SSSR count). The molecule has 0 spiro atoms. The van der Waals surface area contributed by atoms with Crippen LogP contribution in [0.15, 0.2) is 18.2 Å². The molecule has 0 saturated carbocycles. The van der Waals surface area contributed by atoms with Crippen molar-refractivity contribution in [1.82, 2.24) is 0 Å². The number of primary amides is 1. The summed E-state index contributed by atoms with van der Waals surface area (Å²) in [5.41, 5.74) is 5.18. The summed E-state index contributed by atoms with van der Waals surface area (Å²) in [7, 11) is 0. The molecule has 0 aliphatic carbocycles. The maximum absolute atomic E-state index is 11.0. The van der Waals surface area contributed by atoms with Crippen molar-refractivity contribution in [1.29, 1.82) is 0 Å². The summed E-state index contributed by atoms with van der Waals surface area (Å²) >= 11 is 5.75. The standard InChI is InChI=1S/C9H8ClNO3/c1-5(12)7-3-2-6(4-8(7)10)14-9(11)13/h2-4H,1H3,(H2,11,13). The fraction of sp³-hybridized carbons (Fsp3) is 0.111. The highest BCUT2D eigenvalue weighted by Crippen LogP contribution is 2.22. The van der Waals surface area contributed by atoms with Crippen LogP contribution in [0.2, 0.25) is 5.02 Å². The molecule has 1 aromatic rings. The summed E-state index contributed by atoms with van der Waals surface area (Å²) in [6.07, 6.45) is -0.920. The van der Waals surface area contributed by atoms with Crippen molar-refractivity contribution in [2.75, 3.05) is 0 Å². The van der Waals surface area contributed by atoms with Gasteiger partial charge in [0, 0.05) is 11.6 Å². The Labute approximate surface area is 85.6 Å². The van der Waals surface area contributed by atoms with Gasteiger partial charge in [-0.3, -0.25) is 4.79 Å². The van der Waals surface area contributed by atoms with Gasteiger partial charge in [-0.2, -0.15) is 0 Å². The number of hydrogen-bond donors (Lipinski definition) is 1. The lowest BCUT2D eigenvalue weighted by molar-refractivity contribution is 0.101. The van der Waals surface area contributed by atoms with Crippen LogP contribution < -0.4 is 10.5 Å². The number of ether oxygens (including phenoxy) is 1. The van der Waals surface area contributed by atoms with Crippen LogP contribution in [0, 0.1) is 0 Å². The van der Waals surface area contributed by atoms with Gasteiger partial charge in [0.1, 0.15) is 5.75 Å². The molecule has 14 heavy (non-hydrogen) atoms. The SMILES string of the molecule is CC(=O)c1ccc(OC(N)=O)cc1Cl. The molecule has 0 fully saturated rings. The molecular weight excluding hydrogens is 206 g/mol. The van der Waals surface area contributed by atoms with Crippen LogP contribution >= 0.6 is 11.6 Å². The predicted molar refractivity (Wildman–Crippen MR) is 51.7 cm³/mol. The van der Waals surface area contributed by atoms with Crippen molar-refractivity contribution in [3.05, 3.63) is 28.8 Å². The van der Waals surface area contributed by atoms with Crippen molar-refractivity contribution < 1.29 is 14.3 Å². The number of amides is 1. The zero-order valence-corrected chi connectivity index (χ0v) is 8.17. The lowest BCUT2D eigenvalue weighted by Gasteiger charge is -2.03. The van der Waals surface area contributed by atoms with Crippen molar-refractivity contribution in [2.24, 2.45) is 5.73 Å². The van der Waals surface area contributed by atoms with Crippen LogP contribution in [-0.4, -0.2) is 11.9 Å². The molecular formula is C9H8ClNO3. The Morgan fingerprint density at radius 1 is 1.43 bits per heavy atom. The van der Waals surface area contributed by atoms with Crippen molar-refractivity contribution >= 4 is 23.5 Å². The van der Waals surface area contributed by atoms with Gasteiger partial charge in [-0.05, 0) is 19.1 Å². The first-order valence-corrected chi connectivity index (χ1v) is 4.16. The molecule has 0 bridgehead atoms. The third kappa shape index (κ3) is 2.47. The van der Waals surface area contributed by atoms with Crippen LogP contribution in [0.5, 0.6) is 5.75 Å². The van der Waals surface area contributed by atoms with Gasteiger partial charge in [-0.1, -0.05) is 11.6 Å². The smallest absolute Gasteiger partial charge is 0.409 e. The Hall–Kier alpha value is -1.55. The van der Waals surface area contributed by atoms with Gasteiger partial charge in [-0.25, -0.2) is 4.79 Å². The fourth-order valence-electron chi connectivity index (χ4n) is 0.961. The molecule has 1 amide bonds. The van der Waals surface area contributed by atoms with E-state index in [0.717, 1.165) is 0 Å². The molecule has 0 aliphatic heterocycles. The highest BCUT2D eigenvalue weighted by atomic mass is 35.5. The number of carbonyl (C=O) groups excluding carboxylic acids is 2. The first kappa shape index (κ1) is 10.5. The molecule has 1 aromatic carbocycles. The van der Waals surface area contributed by atoms with E-state index in [1.165, 1.54) is 25.1 Å². The second-order valence-electron chi connectivity index (χ2n) is 2.62. The molecule has 2 N–H and O–H groups in total. The van der Waals surface area contributed by atoms with Crippen molar-refractivity contribution in [3.63, 3.8) is 0 Å². The zero-order chi connectivity index (χ0) is 10.7. The fourth-order valence-corrected chi connectivity index (χ4v) is 1.26. The first-order chi connectivity index (χ1) is 6.50. The summed E-state index contributed by atoms with van der Waals surface area (Å²) in [6.45, 7) is 1.40. The Balaban J connectivity index is 3.00. The number of ketones is 1. The molecule has 0 aromatic heterocycles. The summed E-state index contributed by atoms with van der Waals surface area (Å²) in [6, 6.07) is 4.29. The minimum atomic E-state index is -0.920. The van der Waals surface area contributed by atoms with Crippen LogP contribution in [0.1, 0.15) is 17.3 Å². The quantitative estimate of drug-likeness (QED) is 0.764. The van der Waals surface area contributed by atoms with Gasteiger partial charge < -0.3 is 10.5 Å². The van der Waals surface area contributed by atoms with E-state index in [1.807, 2.05) is 0 Å². The summed E-state index contributed by atoms with van der Waals surface area (Å²) in [4.78, 5) is 21.4. The first-order valence-electron chi connectivity index (χ1n) is 3.78. The van der Waals surface area contributed by atoms with E-state index in [0.29, 0.717) is 5.56 Å². The number of halogens is 1. The van der Waals surface area contributed by atoms with Gasteiger partial charge in [0.15, 0.2) is 5.78 Å². The number of Topliss-reactive ketones (excluding diaryl/α,β-unsaturated/α-hetero) is 1. The molecule has 0 aliphatic rings. The predicted octanol–water partition coefficient (Wildman–Crippen LogP) is 2.00. The monoisotopic (exact) mass is 213 g/mol. The van der Waals surface area contributed by atoms with Gasteiger partial charge >= 0.3 is 6.09 Å². The lowest BCUT2D eigenvalue weighted by atomic mass is 10.1. The van der Waals surface area contributed by atoms with E-state index >= 15 is 0 Å². The maximum Gasteiger partial charge on any atom is 0.409 e. The average Bonchev–Trinajstić information content (AvgIpc) is 2.01.